The van der Waals surface area contributed by atoms with Crippen molar-refractivity contribution in [1.82, 2.24) is 9.80 Å². The number of thiophene rings is 1. The van der Waals surface area contributed by atoms with E-state index in [0.29, 0.717) is 36.7 Å². The minimum atomic E-state index is -0.228. The van der Waals surface area contributed by atoms with Crippen molar-refractivity contribution >= 4 is 23.2 Å². The first-order chi connectivity index (χ1) is 16.9. The van der Waals surface area contributed by atoms with E-state index < -0.39 is 0 Å². The van der Waals surface area contributed by atoms with Crippen molar-refractivity contribution in [2.24, 2.45) is 5.92 Å². The van der Waals surface area contributed by atoms with E-state index in [1.54, 1.807) is 41.5 Å². The maximum absolute atomic E-state index is 13.6. The summed E-state index contributed by atoms with van der Waals surface area (Å²) in [4.78, 5) is 31.8. The second-order valence-electron chi connectivity index (χ2n) is 8.58. The van der Waals surface area contributed by atoms with Gasteiger partial charge in [0.1, 0.15) is 18.0 Å². The lowest BCUT2D eigenvalue weighted by Crippen LogP contribution is -2.44. The van der Waals surface area contributed by atoms with Crippen LogP contribution in [0, 0.1) is 5.92 Å². The normalized spacial score (nSPS) is 11.5. The molecule has 0 saturated heterocycles. The van der Waals surface area contributed by atoms with Crippen LogP contribution in [0.4, 0.5) is 0 Å². The van der Waals surface area contributed by atoms with Crippen LogP contribution < -0.4 is 9.47 Å². The Bertz CT molecular complexity index is 1090. The Labute approximate surface area is 212 Å². The number of benzene rings is 2. The predicted molar refractivity (Wildman–Crippen MR) is 140 cm³/mol. The molecule has 3 aromatic rings. The molecule has 6 nitrogen and oxygen atoms in total. The van der Waals surface area contributed by atoms with Crippen LogP contribution in [0.25, 0.3) is 0 Å². The number of hydrogen-bond donors (Lipinski definition) is 0. The number of nitrogens with zero attached hydrogens (tertiary/aromatic N) is 2. The Hall–Kier alpha value is -3.32. The zero-order chi connectivity index (χ0) is 25.2. The summed E-state index contributed by atoms with van der Waals surface area (Å²) in [5, 5.41) is 2.01. The molecule has 1 heterocycles. The van der Waals surface area contributed by atoms with E-state index in [9.17, 15) is 9.59 Å². The molecular formula is C28H34N2O4S. The Morgan fingerprint density at radius 3 is 2.34 bits per heavy atom. The van der Waals surface area contributed by atoms with Crippen LogP contribution in [-0.4, -0.2) is 48.9 Å². The average molecular weight is 495 g/mol. The molecule has 0 aliphatic heterocycles. The summed E-state index contributed by atoms with van der Waals surface area (Å²) < 4.78 is 10.7. The molecule has 0 aliphatic carbocycles. The van der Waals surface area contributed by atoms with Gasteiger partial charge in [0.2, 0.25) is 5.91 Å². The largest absolute Gasteiger partial charge is 0.497 e. The molecule has 0 N–H and O–H groups in total. The van der Waals surface area contributed by atoms with Gasteiger partial charge in [-0.3, -0.25) is 9.59 Å². The van der Waals surface area contributed by atoms with E-state index >= 15 is 0 Å². The van der Waals surface area contributed by atoms with E-state index in [4.69, 9.17) is 9.47 Å². The molecule has 2 aromatic carbocycles. The minimum absolute atomic E-state index is 0.00341. The predicted octanol–water partition coefficient (Wildman–Crippen LogP) is 5.48. The lowest BCUT2D eigenvalue weighted by Gasteiger charge is -2.29. The summed E-state index contributed by atoms with van der Waals surface area (Å²) in [6.45, 7) is 5.63. The lowest BCUT2D eigenvalue weighted by atomic mass is 10.1. The van der Waals surface area contributed by atoms with Crippen molar-refractivity contribution < 1.29 is 19.1 Å². The summed E-state index contributed by atoms with van der Waals surface area (Å²) in [6, 6.07) is 19.1. The summed E-state index contributed by atoms with van der Waals surface area (Å²) >= 11 is 1.62. The number of carbonyl (C=O) groups excluding carboxylic acids is 2. The van der Waals surface area contributed by atoms with Crippen molar-refractivity contribution in [3.05, 3.63) is 82.0 Å². The van der Waals surface area contributed by atoms with Crippen molar-refractivity contribution in [3.63, 3.8) is 0 Å². The fourth-order valence-electron chi connectivity index (χ4n) is 3.76. The second-order valence-corrected chi connectivity index (χ2v) is 9.61. The molecule has 1 atom stereocenters. The molecule has 2 amide bonds. The van der Waals surface area contributed by atoms with Gasteiger partial charge in [0.15, 0.2) is 0 Å². The molecule has 0 bridgehead atoms. The van der Waals surface area contributed by atoms with Gasteiger partial charge in [0.05, 0.1) is 26.3 Å². The fourth-order valence-corrected chi connectivity index (χ4v) is 4.48. The van der Waals surface area contributed by atoms with Crippen LogP contribution in [0.3, 0.4) is 0 Å². The van der Waals surface area contributed by atoms with Gasteiger partial charge in [0.25, 0.3) is 5.91 Å². The highest BCUT2D eigenvalue weighted by Gasteiger charge is 2.26. The number of hydrogen-bond acceptors (Lipinski definition) is 5. The standard InChI is InChI=1S/C28H34N2O4S/c1-5-21(2)17-30(28(32)25-14-13-23(33-3)16-26(25)34-4)20-27(31)29(19-24-12-9-15-35-24)18-22-10-7-6-8-11-22/h6-16,21H,5,17-20H2,1-4H3. The molecule has 1 unspecified atom stereocenters. The Morgan fingerprint density at radius 1 is 0.943 bits per heavy atom. The second kappa shape index (κ2) is 13.0. The Kier molecular flexibility index (Phi) is 9.73. The van der Waals surface area contributed by atoms with Gasteiger partial charge < -0.3 is 19.3 Å². The number of carbonyl (C=O) groups is 2. The molecule has 186 valence electrons. The van der Waals surface area contributed by atoms with Gasteiger partial charge in [-0.2, -0.15) is 0 Å². The van der Waals surface area contributed by atoms with Crippen molar-refractivity contribution in [3.8, 4) is 11.5 Å². The first-order valence-corrected chi connectivity index (χ1v) is 12.7. The first-order valence-electron chi connectivity index (χ1n) is 11.8. The molecule has 35 heavy (non-hydrogen) atoms. The highest BCUT2D eigenvalue weighted by molar-refractivity contribution is 7.09. The van der Waals surface area contributed by atoms with Crippen molar-refractivity contribution in [1.29, 1.82) is 0 Å². The highest BCUT2D eigenvalue weighted by Crippen LogP contribution is 2.26. The third kappa shape index (κ3) is 7.33. The van der Waals surface area contributed by atoms with E-state index in [0.717, 1.165) is 16.9 Å². The van der Waals surface area contributed by atoms with E-state index in [1.807, 2.05) is 52.7 Å². The van der Waals surface area contributed by atoms with E-state index in [-0.39, 0.29) is 24.3 Å². The van der Waals surface area contributed by atoms with Gasteiger partial charge in [-0.25, -0.2) is 0 Å². The van der Waals surface area contributed by atoms with Crippen LogP contribution in [-0.2, 0) is 17.9 Å². The molecule has 0 aliphatic rings. The monoisotopic (exact) mass is 494 g/mol. The van der Waals surface area contributed by atoms with Gasteiger partial charge in [-0.15, -0.1) is 11.3 Å². The van der Waals surface area contributed by atoms with Crippen molar-refractivity contribution in [2.45, 2.75) is 33.4 Å². The van der Waals surface area contributed by atoms with Crippen LogP contribution in [0.1, 0.15) is 41.1 Å². The Balaban J connectivity index is 1.86. The number of methoxy groups -OCH3 is 2. The van der Waals surface area contributed by atoms with Gasteiger partial charge in [0, 0.05) is 24.0 Å². The van der Waals surface area contributed by atoms with Gasteiger partial charge >= 0.3 is 0 Å². The molecule has 7 heteroatoms. The average Bonchev–Trinajstić information content (AvgIpc) is 3.40. The highest BCUT2D eigenvalue weighted by atomic mass is 32.1. The quantitative estimate of drug-likeness (QED) is 0.334. The zero-order valence-corrected chi connectivity index (χ0v) is 21.7. The zero-order valence-electron chi connectivity index (χ0n) is 20.9. The lowest BCUT2D eigenvalue weighted by molar-refractivity contribution is -0.133. The van der Waals surface area contributed by atoms with Crippen LogP contribution in [0.2, 0.25) is 0 Å². The van der Waals surface area contributed by atoms with Crippen LogP contribution in [0.15, 0.2) is 66.0 Å². The number of amides is 2. The molecule has 0 fully saturated rings. The third-order valence-corrected chi connectivity index (χ3v) is 6.84. The third-order valence-electron chi connectivity index (χ3n) is 5.98. The Morgan fingerprint density at radius 2 is 1.71 bits per heavy atom. The molecule has 3 rings (SSSR count). The summed E-state index contributed by atoms with van der Waals surface area (Å²) in [5.74, 6) is 0.958. The number of ether oxygens (including phenoxy) is 2. The smallest absolute Gasteiger partial charge is 0.258 e. The maximum Gasteiger partial charge on any atom is 0.258 e. The van der Waals surface area contributed by atoms with E-state index in [2.05, 4.69) is 13.8 Å². The van der Waals surface area contributed by atoms with Crippen LogP contribution in [0.5, 0.6) is 11.5 Å². The molecule has 1 aromatic heterocycles. The van der Waals surface area contributed by atoms with E-state index in [1.165, 1.54) is 7.11 Å². The van der Waals surface area contributed by atoms with Gasteiger partial charge in [-0.1, -0.05) is 56.7 Å². The molecule has 0 spiro atoms. The minimum Gasteiger partial charge on any atom is -0.497 e. The van der Waals surface area contributed by atoms with Gasteiger partial charge in [-0.05, 0) is 35.1 Å². The van der Waals surface area contributed by atoms with Crippen LogP contribution >= 0.6 is 11.3 Å². The SMILES string of the molecule is CCC(C)CN(CC(=O)N(Cc1ccccc1)Cc1cccs1)C(=O)c1ccc(OC)cc1OC. The maximum atomic E-state index is 13.6. The summed E-state index contributed by atoms with van der Waals surface area (Å²) in [5.41, 5.74) is 1.46. The summed E-state index contributed by atoms with van der Waals surface area (Å²) in [7, 11) is 3.09. The molecule has 0 radical (unpaired) electrons. The number of rotatable bonds is 12. The van der Waals surface area contributed by atoms with Crippen molar-refractivity contribution in [2.75, 3.05) is 27.3 Å². The first kappa shape index (κ1) is 26.3. The fraction of sp³-hybridized carbons (Fsp3) is 0.357. The topological polar surface area (TPSA) is 59.1 Å². The summed E-state index contributed by atoms with van der Waals surface area (Å²) in [6.07, 6.45) is 0.903. The molecule has 0 saturated carbocycles. The molecular weight excluding hydrogens is 460 g/mol.